The van der Waals surface area contributed by atoms with Crippen molar-refractivity contribution >= 4 is 0 Å². The Morgan fingerprint density at radius 3 is 1.02 bits per heavy atom. The Bertz CT molecular complexity index is 1130. The molecule has 0 spiro atoms. The van der Waals surface area contributed by atoms with Crippen molar-refractivity contribution in [2.75, 3.05) is 54.2 Å². The first-order chi connectivity index (χ1) is 21.7. The molecule has 0 aliphatic heterocycles. The van der Waals surface area contributed by atoms with E-state index in [1.807, 2.05) is 121 Å². The molecule has 8 nitrogen and oxygen atoms in total. The van der Waals surface area contributed by atoms with E-state index in [1.54, 1.807) is 14.2 Å². The Morgan fingerprint density at radius 2 is 0.727 bits per heavy atom. The zero-order chi connectivity index (χ0) is 31.2. The quantitative estimate of drug-likeness (QED) is 0.102. The summed E-state index contributed by atoms with van der Waals surface area (Å²) < 4.78 is 32.1. The maximum Gasteiger partial charge on any atom is 0.147 e. The molecular weight excluding hydrogens is 560 g/mol. The highest BCUT2D eigenvalue weighted by Crippen LogP contribution is 2.33. The van der Waals surface area contributed by atoms with Crippen LogP contribution in [0.1, 0.15) is 46.7 Å². The Balaban J connectivity index is 0.000000240. The van der Waals surface area contributed by atoms with Gasteiger partial charge in [0.25, 0.3) is 0 Å². The molecule has 0 saturated carbocycles. The Kier molecular flexibility index (Phi) is 17.0. The lowest BCUT2D eigenvalue weighted by molar-refractivity contribution is -0.132. The molecule has 4 atom stereocenters. The predicted molar refractivity (Wildman–Crippen MR) is 169 cm³/mol. The van der Waals surface area contributed by atoms with Gasteiger partial charge >= 0.3 is 0 Å². The molecule has 0 radical (unpaired) electrons. The number of aliphatic hydroxyl groups excluding tert-OH is 2. The lowest BCUT2D eigenvalue weighted by atomic mass is 9.98. The van der Waals surface area contributed by atoms with Crippen LogP contribution >= 0.6 is 0 Å². The molecule has 4 aromatic rings. The number of rotatable bonds is 18. The molecule has 0 fully saturated rings. The average Bonchev–Trinajstić information content (AvgIpc) is 3.09. The fourth-order valence-electron chi connectivity index (χ4n) is 4.32. The van der Waals surface area contributed by atoms with Crippen LogP contribution in [0.15, 0.2) is 121 Å². The first-order valence-electron chi connectivity index (χ1n) is 14.6. The topological polar surface area (TPSA) is 95.8 Å². The van der Waals surface area contributed by atoms with Crippen molar-refractivity contribution in [1.82, 2.24) is 0 Å². The normalized spacial score (nSPS) is 13.7. The zero-order valence-corrected chi connectivity index (χ0v) is 25.4. The number of aliphatic hydroxyl groups is 2. The molecule has 0 unspecified atom stereocenters. The zero-order valence-electron chi connectivity index (χ0n) is 25.4. The minimum atomic E-state index is -0.755. The second-order valence-corrected chi connectivity index (χ2v) is 9.74. The summed E-state index contributed by atoms with van der Waals surface area (Å²) in [5.41, 5.74) is 3.45. The molecule has 0 bridgehead atoms. The van der Waals surface area contributed by atoms with Crippen LogP contribution in [0.25, 0.3) is 0 Å². The summed E-state index contributed by atoms with van der Waals surface area (Å²) in [5, 5.41) is 21.3. The highest BCUT2D eigenvalue weighted by atomic mass is 16.7. The predicted octanol–water partition coefficient (Wildman–Crippen LogP) is 6.20. The smallest absolute Gasteiger partial charge is 0.147 e. The van der Waals surface area contributed by atoms with Crippen LogP contribution in [0.4, 0.5) is 0 Å². The van der Waals surface area contributed by atoms with Gasteiger partial charge < -0.3 is 38.6 Å². The van der Waals surface area contributed by atoms with Crippen molar-refractivity contribution in [2.24, 2.45) is 0 Å². The average molecular weight is 605 g/mol. The molecule has 4 aromatic carbocycles. The summed E-state index contributed by atoms with van der Waals surface area (Å²) in [7, 11) is 3.24. The van der Waals surface area contributed by atoms with Gasteiger partial charge in [-0.05, 0) is 22.3 Å². The van der Waals surface area contributed by atoms with Gasteiger partial charge in [0.05, 0.1) is 26.4 Å². The molecule has 4 rings (SSSR count). The molecule has 0 heterocycles. The summed E-state index contributed by atoms with van der Waals surface area (Å²) in [5.74, 6) is 0. The largest absolute Gasteiger partial charge is 0.385 e. The van der Waals surface area contributed by atoms with E-state index in [-0.39, 0.29) is 13.6 Å². The minimum absolute atomic E-state index is 0.104. The van der Waals surface area contributed by atoms with E-state index >= 15 is 0 Å². The van der Waals surface area contributed by atoms with Gasteiger partial charge in [-0.25, -0.2) is 0 Å². The van der Waals surface area contributed by atoms with Crippen molar-refractivity contribution in [3.8, 4) is 0 Å². The van der Waals surface area contributed by atoms with Crippen molar-refractivity contribution in [1.29, 1.82) is 0 Å². The highest BCUT2D eigenvalue weighted by molar-refractivity contribution is 5.26. The monoisotopic (exact) mass is 604 g/mol. The molecule has 0 aliphatic rings. The molecule has 0 aromatic heterocycles. The molecule has 0 aliphatic carbocycles. The number of benzene rings is 4. The van der Waals surface area contributed by atoms with Crippen molar-refractivity contribution in [3.63, 3.8) is 0 Å². The van der Waals surface area contributed by atoms with Gasteiger partial charge in [-0.15, -0.1) is 0 Å². The SMILES string of the molecule is COCCOCO[C@@H](c1ccccc1)[C@@H](O)c1ccccc1.COCCOCO[C@@H](c1ccccc1)[C@H](O)c1ccccc1. The van der Waals surface area contributed by atoms with E-state index in [0.717, 1.165) is 22.3 Å². The van der Waals surface area contributed by atoms with Crippen LogP contribution in [0.2, 0.25) is 0 Å². The Labute approximate surface area is 260 Å². The van der Waals surface area contributed by atoms with E-state index in [2.05, 4.69) is 0 Å². The molecule has 0 amide bonds. The van der Waals surface area contributed by atoms with Gasteiger partial charge in [-0.3, -0.25) is 0 Å². The van der Waals surface area contributed by atoms with Gasteiger partial charge in [0.15, 0.2) is 0 Å². The number of hydrogen-bond donors (Lipinski definition) is 2. The highest BCUT2D eigenvalue weighted by Gasteiger charge is 2.24. The van der Waals surface area contributed by atoms with Gasteiger partial charge in [0.1, 0.15) is 38.0 Å². The summed E-state index contributed by atoms with van der Waals surface area (Å²) in [4.78, 5) is 0. The van der Waals surface area contributed by atoms with Gasteiger partial charge in [0.2, 0.25) is 0 Å². The second kappa shape index (κ2) is 21.3. The molecule has 236 valence electrons. The van der Waals surface area contributed by atoms with E-state index in [9.17, 15) is 10.2 Å². The summed E-state index contributed by atoms with van der Waals surface area (Å²) in [6, 6.07) is 38.3. The van der Waals surface area contributed by atoms with Crippen molar-refractivity contribution < 1.29 is 38.6 Å². The summed E-state index contributed by atoms with van der Waals surface area (Å²) >= 11 is 0. The molecule has 2 N–H and O–H groups in total. The number of ether oxygens (including phenoxy) is 6. The first-order valence-corrected chi connectivity index (χ1v) is 14.6. The number of methoxy groups -OCH3 is 2. The van der Waals surface area contributed by atoms with Crippen LogP contribution < -0.4 is 0 Å². The van der Waals surface area contributed by atoms with Crippen LogP contribution in [-0.2, 0) is 28.4 Å². The van der Waals surface area contributed by atoms with E-state index in [1.165, 1.54) is 0 Å². The molecular formula is C36H44O8. The van der Waals surface area contributed by atoms with Crippen molar-refractivity contribution in [3.05, 3.63) is 144 Å². The lowest BCUT2D eigenvalue weighted by Crippen LogP contribution is -2.17. The second-order valence-electron chi connectivity index (χ2n) is 9.74. The third-order valence-electron chi connectivity index (χ3n) is 6.64. The Hall–Kier alpha value is -3.44. The van der Waals surface area contributed by atoms with Crippen LogP contribution in [0.5, 0.6) is 0 Å². The van der Waals surface area contributed by atoms with E-state index in [0.29, 0.717) is 26.4 Å². The summed E-state index contributed by atoms with van der Waals surface area (Å²) in [6.07, 6.45) is -2.47. The van der Waals surface area contributed by atoms with Crippen LogP contribution in [0.3, 0.4) is 0 Å². The fraction of sp³-hybridized carbons (Fsp3) is 0.333. The summed E-state index contributed by atoms with van der Waals surface area (Å²) in [6.45, 7) is 2.15. The standard InChI is InChI=1S/2C18H22O4/c2*1-20-12-13-21-14-22-18(16-10-6-3-7-11-16)17(19)15-8-4-2-5-9-15/h2*2-11,17-19H,12-14H2,1H3/t17-,18+;17-,18-/m10/s1. The van der Waals surface area contributed by atoms with Gasteiger partial charge in [-0.1, -0.05) is 121 Å². The third-order valence-corrected chi connectivity index (χ3v) is 6.64. The van der Waals surface area contributed by atoms with Crippen molar-refractivity contribution in [2.45, 2.75) is 24.4 Å². The fourth-order valence-corrected chi connectivity index (χ4v) is 4.32. The maximum atomic E-state index is 10.6. The lowest BCUT2D eigenvalue weighted by Gasteiger charge is -2.24. The van der Waals surface area contributed by atoms with Gasteiger partial charge in [-0.2, -0.15) is 0 Å². The third kappa shape index (κ3) is 12.3. The molecule has 44 heavy (non-hydrogen) atoms. The minimum Gasteiger partial charge on any atom is -0.385 e. The van der Waals surface area contributed by atoms with Gasteiger partial charge in [0, 0.05) is 14.2 Å². The Morgan fingerprint density at radius 1 is 0.432 bits per heavy atom. The number of hydrogen-bond acceptors (Lipinski definition) is 8. The molecule has 8 heteroatoms. The molecule has 0 saturated heterocycles. The first kappa shape index (κ1) is 35.0. The maximum absolute atomic E-state index is 10.6. The van der Waals surface area contributed by atoms with E-state index < -0.39 is 24.4 Å². The van der Waals surface area contributed by atoms with Crippen LogP contribution in [0, 0.1) is 0 Å². The van der Waals surface area contributed by atoms with E-state index in [4.69, 9.17) is 28.4 Å². The van der Waals surface area contributed by atoms with Crippen LogP contribution in [-0.4, -0.2) is 64.4 Å².